The number of nitrogens with one attached hydrogen (secondary N) is 1. The van der Waals surface area contributed by atoms with Crippen molar-refractivity contribution >= 4 is 11.8 Å². The van der Waals surface area contributed by atoms with Crippen molar-refractivity contribution in [3.8, 4) is 0 Å². The number of carbonyl (C=O) groups is 2. The Hall–Kier alpha value is -3.66. The number of carbonyl (C=O) groups excluding carboxylic acids is 2. The van der Waals surface area contributed by atoms with Gasteiger partial charge in [0, 0.05) is 13.1 Å². The van der Waals surface area contributed by atoms with E-state index < -0.39 is 6.04 Å². The summed E-state index contributed by atoms with van der Waals surface area (Å²) in [5.41, 5.74) is 4.18. The minimum Gasteiger partial charge on any atom is -0.354 e. The number of hydrogen-bond acceptors (Lipinski definition) is 2. The van der Waals surface area contributed by atoms with Crippen LogP contribution < -0.4 is 5.32 Å². The lowest BCUT2D eigenvalue weighted by molar-refractivity contribution is -0.141. The molecule has 0 radical (unpaired) electrons. The molecule has 0 heterocycles. The first-order chi connectivity index (χ1) is 17.2. The first-order valence-electron chi connectivity index (χ1n) is 12.6. The molecule has 4 heteroatoms. The molecule has 35 heavy (non-hydrogen) atoms. The first-order valence-corrected chi connectivity index (χ1v) is 12.6. The molecule has 3 aromatic carbocycles. The molecule has 4 rings (SSSR count). The third-order valence-corrected chi connectivity index (χ3v) is 6.52. The van der Waals surface area contributed by atoms with Gasteiger partial charge in [-0.3, -0.25) is 9.59 Å². The number of benzene rings is 3. The summed E-state index contributed by atoms with van der Waals surface area (Å²) in [6, 6.07) is 28.5. The van der Waals surface area contributed by atoms with Gasteiger partial charge in [0.1, 0.15) is 6.04 Å². The fourth-order valence-corrected chi connectivity index (χ4v) is 4.66. The van der Waals surface area contributed by atoms with Gasteiger partial charge in [0.15, 0.2) is 0 Å². The lowest BCUT2D eigenvalue weighted by Crippen LogP contribution is -2.44. The van der Waals surface area contributed by atoms with Gasteiger partial charge >= 0.3 is 0 Å². The molecule has 1 N–H and O–H groups in total. The quantitative estimate of drug-likeness (QED) is 0.372. The maximum absolute atomic E-state index is 13.7. The molecule has 4 nitrogen and oxygen atoms in total. The van der Waals surface area contributed by atoms with Crippen LogP contribution in [0.25, 0.3) is 0 Å². The van der Waals surface area contributed by atoms with Crippen LogP contribution in [0.1, 0.15) is 54.8 Å². The normalized spacial score (nSPS) is 14.0. The van der Waals surface area contributed by atoms with E-state index in [2.05, 4.69) is 11.4 Å². The van der Waals surface area contributed by atoms with E-state index in [0.29, 0.717) is 13.1 Å². The Balaban J connectivity index is 1.59. The molecular formula is C31H34N2O2. The summed E-state index contributed by atoms with van der Waals surface area (Å²) in [7, 11) is 0. The van der Waals surface area contributed by atoms with Crippen molar-refractivity contribution in [2.24, 2.45) is 0 Å². The van der Waals surface area contributed by atoms with Gasteiger partial charge in [0.05, 0.1) is 6.42 Å². The zero-order chi connectivity index (χ0) is 24.3. The van der Waals surface area contributed by atoms with Crippen LogP contribution in [-0.2, 0) is 22.6 Å². The van der Waals surface area contributed by atoms with E-state index in [0.717, 1.165) is 36.0 Å². The SMILES string of the molecule is O=C(NCCC1=CCCCC1)[C@H](c1ccccc1)N(Cc1ccccc1)C(=O)Cc1ccccc1. The predicted molar refractivity (Wildman–Crippen MR) is 140 cm³/mol. The highest BCUT2D eigenvalue weighted by Gasteiger charge is 2.31. The Bertz CT molecular complexity index is 1110. The van der Waals surface area contributed by atoms with Gasteiger partial charge in [-0.1, -0.05) is 103 Å². The van der Waals surface area contributed by atoms with Crippen molar-refractivity contribution in [3.05, 3.63) is 119 Å². The Kier molecular flexibility index (Phi) is 8.88. The number of rotatable bonds is 10. The molecule has 1 aliphatic carbocycles. The van der Waals surface area contributed by atoms with Crippen LogP contribution >= 0.6 is 0 Å². The second-order valence-electron chi connectivity index (χ2n) is 9.13. The van der Waals surface area contributed by atoms with Gasteiger partial charge in [0.25, 0.3) is 0 Å². The standard InChI is InChI=1S/C31H34N2O2/c34-29(23-26-15-7-2-8-16-26)33(24-27-17-9-3-10-18-27)30(28-19-11-4-12-20-28)31(35)32-22-21-25-13-5-1-6-14-25/h2-4,7-13,15-20,30H,1,5-6,14,21-24H2,(H,32,35)/t30-/m0/s1. The highest BCUT2D eigenvalue weighted by atomic mass is 16.2. The molecule has 0 aliphatic heterocycles. The highest BCUT2D eigenvalue weighted by Crippen LogP contribution is 2.25. The van der Waals surface area contributed by atoms with Crippen molar-refractivity contribution in [1.29, 1.82) is 0 Å². The lowest BCUT2D eigenvalue weighted by Gasteiger charge is -2.32. The molecule has 1 atom stereocenters. The van der Waals surface area contributed by atoms with Crippen molar-refractivity contribution < 1.29 is 9.59 Å². The van der Waals surface area contributed by atoms with Crippen molar-refractivity contribution in [1.82, 2.24) is 10.2 Å². The van der Waals surface area contributed by atoms with E-state index in [-0.39, 0.29) is 18.2 Å². The van der Waals surface area contributed by atoms with Crippen molar-refractivity contribution in [2.45, 2.75) is 51.1 Å². The Morgan fingerprint density at radius 2 is 1.43 bits per heavy atom. The van der Waals surface area contributed by atoms with Crippen LogP contribution in [0.3, 0.4) is 0 Å². The zero-order valence-electron chi connectivity index (χ0n) is 20.2. The van der Waals surface area contributed by atoms with E-state index >= 15 is 0 Å². The fraction of sp³-hybridized carbons (Fsp3) is 0.290. The van der Waals surface area contributed by atoms with Crippen LogP contribution in [0.2, 0.25) is 0 Å². The lowest BCUT2D eigenvalue weighted by atomic mass is 9.97. The predicted octanol–water partition coefficient (Wildman–Crippen LogP) is 6.01. The van der Waals surface area contributed by atoms with E-state index in [1.54, 1.807) is 4.90 Å². The maximum Gasteiger partial charge on any atom is 0.247 e. The first kappa shape index (κ1) is 24.5. The molecule has 180 valence electrons. The summed E-state index contributed by atoms with van der Waals surface area (Å²) in [6.07, 6.45) is 8.16. The summed E-state index contributed by atoms with van der Waals surface area (Å²) in [4.78, 5) is 29.1. The molecule has 0 spiro atoms. The van der Waals surface area contributed by atoms with Crippen LogP contribution in [0, 0.1) is 0 Å². The second kappa shape index (κ2) is 12.7. The molecule has 0 unspecified atom stereocenters. The highest BCUT2D eigenvalue weighted by molar-refractivity contribution is 5.89. The minimum atomic E-state index is -0.701. The molecule has 0 saturated heterocycles. The molecule has 2 amide bonds. The summed E-state index contributed by atoms with van der Waals surface area (Å²) in [5.74, 6) is -0.205. The van der Waals surface area contributed by atoms with Gasteiger partial charge in [0.2, 0.25) is 11.8 Å². The number of allylic oxidation sites excluding steroid dienone is 1. The Labute approximate surface area is 208 Å². The fourth-order valence-electron chi connectivity index (χ4n) is 4.66. The molecule has 3 aromatic rings. The summed E-state index contributed by atoms with van der Waals surface area (Å²) < 4.78 is 0. The summed E-state index contributed by atoms with van der Waals surface area (Å²) in [6.45, 7) is 0.949. The number of amides is 2. The van der Waals surface area contributed by atoms with Crippen LogP contribution in [-0.4, -0.2) is 23.3 Å². The molecule has 0 aromatic heterocycles. The Morgan fingerprint density at radius 3 is 2.06 bits per heavy atom. The van der Waals surface area contributed by atoms with Gasteiger partial charge in [-0.05, 0) is 48.8 Å². The molecule has 0 fully saturated rings. The van der Waals surface area contributed by atoms with Gasteiger partial charge in [-0.25, -0.2) is 0 Å². The van der Waals surface area contributed by atoms with Crippen molar-refractivity contribution in [3.63, 3.8) is 0 Å². The van der Waals surface area contributed by atoms with Crippen LogP contribution in [0.5, 0.6) is 0 Å². The summed E-state index contributed by atoms with van der Waals surface area (Å²) >= 11 is 0. The number of nitrogens with zero attached hydrogens (tertiary/aromatic N) is 1. The van der Waals surface area contributed by atoms with E-state index in [1.165, 1.54) is 18.4 Å². The second-order valence-corrected chi connectivity index (χ2v) is 9.13. The third-order valence-electron chi connectivity index (χ3n) is 6.52. The van der Waals surface area contributed by atoms with Gasteiger partial charge in [-0.15, -0.1) is 0 Å². The minimum absolute atomic E-state index is 0.0703. The molecule has 0 bridgehead atoms. The van der Waals surface area contributed by atoms with Gasteiger partial charge < -0.3 is 10.2 Å². The molecular weight excluding hydrogens is 432 g/mol. The van der Waals surface area contributed by atoms with E-state index in [4.69, 9.17) is 0 Å². The third kappa shape index (κ3) is 7.16. The Morgan fingerprint density at radius 1 is 0.800 bits per heavy atom. The topological polar surface area (TPSA) is 49.4 Å². The molecule has 0 saturated carbocycles. The largest absolute Gasteiger partial charge is 0.354 e. The van der Waals surface area contributed by atoms with Gasteiger partial charge in [-0.2, -0.15) is 0 Å². The van der Waals surface area contributed by atoms with E-state index in [9.17, 15) is 9.59 Å². The molecule has 1 aliphatic rings. The summed E-state index contributed by atoms with van der Waals surface area (Å²) in [5, 5.41) is 3.14. The van der Waals surface area contributed by atoms with Crippen LogP contribution in [0.15, 0.2) is 103 Å². The zero-order valence-corrected chi connectivity index (χ0v) is 20.2. The maximum atomic E-state index is 13.7. The van der Waals surface area contributed by atoms with Crippen LogP contribution in [0.4, 0.5) is 0 Å². The average Bonchev–Trinajstić information content (AvgIpc) is 2.91. The monoisotopic (exact) mass is 466 g/mol. The van der Waals surface area contributed by atoms with Crippen molar-refractivity contribution in [2.75, 3.05) is 6.54 Å². The van der Waals surface area contributed by atoms with E-state index in [1.807, 2.05) is 91.0 Å². The average molecular weight is 467 g/mol. The number of hydrogen-bond donors (Lipinski definition) is 1. The smallest absolute Gasteiger partial charge is 0.247 e.